The molecule has 3 rings (SSSR count). The van der Waals surface area contributed by atoms with Crippen LogP contribution in [0.3, 0.4) is 0 Å². The Bertz CT molecular complexity index is 610. The second kappa shape index (κ2) is 5.54. The molecule has 104 valence electrons. The van der Waals surface area contributed by atoms with Gasteiger partial charge in [-0.15, -0.1) is 0 Å². The molecule has 1 aromatic heterocycles. The van der Waals surface area contributed by atoms with E-state index in [1.165, 1.54) is 0 Å². The molecule has 1 atom stereocenters. The summed E-state index contributed by atoms with van der Waals surface area (Å²) in [7, 11) is 0. The van der Waals surface area contributed by atoms with Gasteiger partial charge in [-0.3, -0.25) is 4.79 Å². The summed E-state index contributed by atoms with van der Waals surface area (Å²) in [6.45, 7) is 2.22. The molecule has 0 spiro atoms. The third-order valence-corrected chi connectivity index (χ3v) is 3.95. The molecule has 0 saturated heterocycles. The van der Waals surface area contributed by atoms with Crippen LogP contribution in [0.25, 0.3) is 0 Å². The fraction of sp³-hybridized carbons (Fsp3) is 0.267. The average Bonchev–Trinajstić information content (AvgIpc) is 3.07. The molecule has 0 bridgehead atoms. The fourth-order valence-electron chi connectivity index (χ4n) is 2.14. The van der Waals surface area contributed by atoms with Crippen molar-refractivity contribution in [3.05, 3.63) is 46.2 Å². The molecule has 20 heavy (non-hydrogen) atoms. The van der Waals surface area contributed by atoms with Crippen molar-refractivity contribution >= 4 is 17.2 Å². The van der Waals surface area contributed by atoms with Crippen molar-refractivity contribution in [2.24, 2.45) is 0 Å². The zero-order valence-electron chi connectivity index (χ0n) is 11.1. The molecule has 4 nitrogen and oxygen atoms in total. The Labute approximate surface area is 121 Å². The Morgan fingerprint density at radius 1 is 1.35 bits per heavy atom. The van der Waals surface area contributed by atoms with Gasteiger partial charge in [-0.1, -0.05) is 6.07 Å². The highest BCUT2D eigenvalue weighted by atomic mass is 32.1. The van der Waals surface area contributed by atoms with E-state index < -0.39 is 0 Å². The molecule has 1 N–H and O–H groups in total. The number of carbonyl (C=O) groups is 1. The standard InChI is InChI=1S/C15H15NO3S/c1-10(16-15(17)6-11-4-5-20-8-11)12-2-3-13-14(7-12)19-9-18-13/h2-5,7-8,10H,6,9H2,1H3,(H,16,17)/t10-/m0/s1. The van der Waals surface area contributed by atoms with Crippen LogP contribution in [-0.2, 0) is 11.2 Å². The number of carbonyl (C=O) groups excluding carboxylic acids is 1. The number of rotatable bonds is 4. The van der Waals surface area contributed by atoms with Gasteiger partial charge >= 0.3 is 0 Å². The SMILES string of the molecule is C[C@H](NC(=O)Cc1ccsc1)c1ccc2c(c1)OCO2. The lowest BCUT2D eigenvalue weighted by atomic mass is 10.1. The lowest BCUT2D eigenvalue weighted by Crippen LogP contribution is -2.27. The molecular formula is C15H15NO3S. The Morgan fingerprint density at radius 3 is 3.00 bits per heavy atom. The van der Waals surface area contributed by atoms with Crippen molar-refractivity contribution in [2.45, 2.75) is 19.4 Å². The first-order valence-corrected chi connectivity index (χ1v) is 7.36. The van der Waals surface area contributed by atoms with E-state index in [1.54, 1.807) is 11.3 Å². The van der Waals surface area contributed by atoms with Gasteiger partial charge in [0.2, 0.25) is 12.7 Å². The van der Waals surface area contributed by atoms with Gasteiger partial charge in [-0.25, -0.2) is 0 Å². The molecule has 0 radical (unpaired) electrons. The minimum atomic E-state index is -0.0596. The van der Waals surface area contributed by atoms with Crippen LogP contribution in [0.2, 0.25) is 0 Å². The zero-order chi connectivity index (χ0) is 13.9. The van der Waals surface area contributed by atoms with E-state index >= 15 is 0 Å². The second-order valence-corrected chi connectivity index (χ2v) is 5.49. The summed E-state index contributed by atoms with van der Waals surface area (Å²) >= 11 is 1.60. The average molecular weight is 289 g/mol. The molecule has 0 aliphatic carbocycles. The summed E-state index contributed by atoms with van der Waals surface area (Å²) in [5.74, 6) is 1.51. The summed E-state index contributed by atoms with van der Waals surface area (Å²) in [5.41, 5.74) is 2.05. The summed E-state index contributed by atoms with van der Waals surface area (Å²) < 4.78 is 10.6. The van der Waals surface area contributed by atoms with E-state index in [9.17, 15) is 4.79 Å². The van der Waals surface area contributed by atoms with Gasteiger partial charge in [-0.05, 0) is 47.0 Å². The third kappa shape index (κ3) is 2.77. The van der Waals surface area contributed by atoms with Crippen LogP contribution in [0.15, 0.2) is 35.0 Å². The lowest BCUT2D eigenvalue weighted by Gasteiger charge is -2.14. The van der Waals surface area contributed by atoms with E-state index in [2.05, 4.69) is 5.32 Å². The Hall–Kier alpha value is -2.01. The molecule has 1 amide bonds. The quantitative estimate of drug-likeness (QED) is 0.941. The van der Waals surface area contributed by atoms with Crippen LogP contribution < -0.4 is 14.8 Å². The summed E-state index contributed by atoms with van der Waals surface area (Å²) in [6, 6.07) is 7.64. The van der Waals surface area contributed by atoms with Gasteiger partial charge in [0, 0.05) is 0 Å². The molecule has 2 aromatic rings. The van der Waals surface area contributed by atoms with Crippen LogP contribution in [0.1, 0.15) is 24.1 Å². The van der Waals surface area contributed by atoms with Crippen LogP contribution in [0.5, 0.6) is 11.5 Å². The van der Waals surface area contributed by atoms with Gasteiger partial charge in [0.1, 0.15) is 0 Å². The van der Waals surface area contributed by atoms with Crippen molar-refractivity contribution < 1.29 is 14.3 Å². The van der Waals surface area contributed by atoms with E-state index in [1.807, 2.05) is 41.9 Å². The topological polar surface area (TPSA) is 47.6 Å². The van der Waals surface area contributed by atoms with Crippen molar-refractivity contribution in [3.63, 3.8) is 0 Å². The number of fused-ring (bicyclic) bond motifs is 1. The molecule has 0 unspecified atom stereocenters. The molecule has 0 saturated carbocycles. The Morgan fingerprint density at radius 2 is 2.20 bits per heavy atom. The first-order chi connectivity index (χ1) is 9.72. The molecular weight excluding hydrogens is 274 g/mol. The highest BCUT2D eigenvalue weighted by Crippen LogP contribution is 2.34. The maximum Gasteiger partial charge on any atom is 0.231 e. The normalized spacial score (nSPS) is 14.1. The number of hydrogen-bond acceptors (Lipinski definition) is 4. The van der Waals surface area contributed by atoms with E-state index in [0.717, 1.165) is 22.6 Å². The van der Waals surface area contributed by atoms with Crippen LogP contribution in [-0.4, -0.2) is 12.7 Å². The molecule has 0 fully saturated rings. The third-order valence-electron chi connectivity index (χ3n) is 3.22. The first kappa shape index (κ1) is 13.0. The predicted molar refractivity (Wildman–Crippen MR) is 77.1 cm³/mol. The molecule has 1 aliphatic rings. The minimum absolute atomic E-state index is 0.0218. The summed E-state index contributed by atoms with van der Waals surface area (Å²) in [5, 5.41) is 6.96. The highest BCUT2D eigenvalue weighted by molar-refractivity contribution is 7.07. The molecule has 1 aliphatic heterocycles. The van der Waals surface area contributed by atoms with Crippen LogP contribution in [0.4, 0.5) is 0 Å². The maximum absolute atomic E-state index is 12.0. The first-order valence-electron chi connectivity index (χ1n) is 6.42. The smallest absolute Gasteiger partial charge is 0.231 e. The number of amides is 1. The zero-order valence-corrected chi connectivity index (χ0v) is 11.9. The molecule has 2 heterocycles. The number of hydrogen-bond donors (Lipinski definition) is 1. The number of ether oxygens (including phenoxy) is 2. The number of thiophene rings is 1. The highest BCUT2D eigenvalue weighted by Gasteiger charge is 2.16. The van der Waals surface area contributed by atoms with E-state index in [0.29, 0.717) is 6.42 Å². The van der Waals surface area contributed by atoms with Gasteiger partial charge in [0.25, 0.3) is 0 Å². The van der Waals surface area contributed by atoms with Gasteiger partial charge in [0.05, 0.1) is 12.5 Å². The van der Waals surface area contributed by atoms with Crippen molar-refractivity contribution in [3.8, 4) is 11.5 Å². The fourth-order valence-corrected chi connectivity index (χ4v) is 2.81. The largest absolute Gasteiger partial charge is 0.454 e. The van der Waals surface area contributed by atoms with Crippen molar-refractivity contribution in [2.75, 3.05) is 6.79 Å². The summed E-state index contributed by atoms with van der Waals surface area (Å²) in [4.78, 5) is 12.0. The predicted octanol–water partition coefficient (Wildman–Crippen LogP) is 2.90. The van der Waals surface area contributed by atoms with Crippen molar-refractivity contribution in [1.82, 2.24) is 5.32 Å². The number of benzene rings is 1. The molecule has 1 aromatic carbocycles. The van der Waals surface area contributed by atoms with Crippen LogP contribution in [0, 0.1) is 0 Å². The lowest BCUT2D eigenvalue weighted by molar-refractivity contribution is -0.121. The minimum Gasteiger partial charge on any atom is -0.454 e. The monoisotopic (exact) mass is 289 g/mol. The Kier molecular flexibility index (Phi) is 3.60. The van der Waals surface area contributed by atoms with Crippen LogP contribution >= 0.6 is 11.3 Å². The maximum atomic E-state index is 12.0. The second-order valence-electron chi connectivity index (χ2n) is 4.71. The summed E-state index contributed by atoms with van der Waals surface area (Å²) in [6.07, 6.45) is 0.415. The van der Waals surface area contributed by atoms with Gasteiger partial charge in [-0.2, -0.15) is 11.3 Å². The van der Waals surface area contributed by atoms with Crippen molar-refractivity contribution in [1.29, 1.82) is 0 Å². The van der Waals surface area contributed by atoms with E-state index in [-0.39, 0.29) is 18.7 Å². The Balaban J connectivity index is 1.64. The van der Waals surface area contributed by atoms with E-state index in [4.69, 9.17) is 9.47 Å². The number of nitrogens with one attached hydrogen (secondary N) is 1. The van der Waals surface area contributed by atoms with Gasteiger partial charge < -0.3 is 14.8 Å². The molecule has 5 heteroatoms. The van der Waals surface area contributed by atoms with Gasteiger partial charge in [0.15, 0.2) is 11.5 Å².